The molecule has 0 bridgehead atoms. The lowest BCUT2D eigenvalue weighted by atomic mass is 9.84. The van der Waals surface area contributed by atoms with Crippen molar-refractivity contribution in [1.82, 2.24) is 0 Å². The monoisotopic (exact) mass is 262 g/mol. The molecule has 0 fully saturated rings. The molecule has 0 aliphatic rings. The molecule has 0 aliphatic carbocycles. The van der Waals surface area contributed by atoms with Crippen molar-refractivity contribution in [3.63, 3.8) is 0 Å². The summed E-state index contributed by atoms with van der Waals surface area (Å²) in [6.07, 6.45) is -1.51. The van der Waals surface area contributed by atoms with E-state index in [1.54, 1.807) is 13.8 Å². The Morgan fingerprint density at radius 1 is 1.17 bits per heavy atom. The van der Waals surface area contributed by atoms with Gasteiger partial charge in [0.15, 0.2) is 0 Å². The summed E-state index contributed by atoms with van der Waals surface area (Å²) in [5.41, 5.74) is -0.416. The van der Waals surface area contributed by atoms with E-state index in [-0.39, 0.29) is 11.3 Å². The molecule has 108 valence electrons. The molecule has 0 heterocycles. The molecule has 1 N–H and O–H groups in total. The maximum atomic E-state index is 10.5. The number of ether oxygens (including phenoxy) is 1. The van der Waals surface area contributed by atoms with Crippen molar-refractivity contribution in [1.29, 1.82) is 0 Å². The Morgan fingerprint density at radius 2 is 1.67 bits per heavy atom. The molecule has 1 atom stereocenters. The first-order valence-electron chi connectivity index (χ1n) is 6.17. The lowest BCUT2D eigenvalue weighted by molar-refractivity contribution is -0.422. The number of hydrogen-bond acceptors (Lipinski definition) is 4. The van der Waals surface area contributed by atoms with Gasteiger partial charge in [-0.05, 0) is 25.7 Å². The normalized spacial score (nSPS) is 14.7. The minimum Gasteiger partial charge on any atom is -0.450 e. The molecule has 0 rings (SSSR count). The van der Waals surface area contributed by atoms with E-state index in [0.29, 0.717) is 0 Å². The molecule has 0 saturated heterocycles. The molecule has 1 unspecified atom stereocenters. The lowest BCUT2D eigenvalue weighted by Gasteiger charge is -2.32. The summed E-state index contributed by atoms with van der Waals surface area (Å²) in [6.45, 7) is 13.7. The molecular formula is C13H26O5. The standard InChI is InChI=1S/C13H26O5/c1-9(2)10(16-11(14)15)17-18-13(6,7)8-12(3,4)5/h9-10H,8H2,1-7H3,(H,14,15). The molecule has 0 spiro atoms. The van der Waals surface area contributed by atoms with Gasteiger partial charge >= 0.3 is 6.16 Å². The highest BCUT2D eigenvalue weighted by molar-refractivity contribution is 5.56. The molecule has 0 aromatic carbocycles. The zero-order valence-electron chi connectivity index (χ0n) is 12.4. The lowest BCUT2D eigenvalue weighted by Crippen LogP contribution is -2.35. The van der Waals surface area contributed by atoms with Gasteiger partial charge in [0, 0.05) is 5.92 Å². The van der Waals surface area contributed by atoms with Crippen molar-refractivity contribution in [3.8, 4) is 0 Å². The highest BCUT2D eigenvalue weighted by atomic mass is 17.2. The molecule has 0 aliphatic heterocycles. The van der Waals surface area contributed by atoms with Crippen molar-refractivity contribution in [2.45, 2.75) is 66.8 Å². The molecule has 0 radical (unpaired) electrons. The maximum absolute atomic E-state index is 10.5. The van der Waals surface area contributed by atoms with Gasteiger partial charge in [0.05, 0.1) is 5.60 Å². The van der Waals surface area contributed by atoms with Gasteiger partial charge in [0.25, 0.3) is 0 Å². The zero-order valence-corrected chi connectivity index (χ0v) is 12.4. The van der Waals surface area contributed by atoms with Crippen LogP contribution in [-0.2, 0) is 14.5 Å². The third-order valence-electron chi connectivity index (χ3n) is 2.09. The number of carboxylic acid groups (broad SMARTS) is 1. The van der Waals surface area contributed by atoms with E-state index in [9.17, 15) is 4.79 Å². The van der Waals surface area contributed by atoms with Gasteiger partial charge in [0.2, 0.25) is 6.29 Å². The summed E-state index contributed by atoms with van der Waals surface area (Å²) >= 11 is 0. The van der Waals surface area contributed by atoms with Crippen LogP contribution >= 0.6 is 0 Å². The molecular weight excluding hydrogens is 236 g/mol. The molecule has 18 heavy (non-hydrogen) atoms. The first-order valence-corrected chi connectivity index (χ1v) is 6.17. The predicted octanol–water partition coefficient (Wildman–Crippen LogP) is 3.83. The molecule has 0 aromatic rings. The number of carbonyl (C=O) groups is 1. The Kier molecular flexibility index (Phi) is 6.10. The van der Waals surface area contributed by atoms with Gasteiger partial charge in [-0.2, -0.15) is 4.89 Å². The topological polar surface area (TPSA) is 65.0 Å². The molecule has 5 nitrogen and oxygen atoms in total. The van der Waals surface area contributed by atoms with Gasteiger partial charge in [-0.15, -0.1) is 0 Å². The van der Waals surface area contributed by atoms with Gasteiger partial charge in [-0.3, -0.25) is 0 Å². The summed E-state index contributed by atoms with van der Waals surface area (Å²) in [7, 11) is 0. The van der Waals surface area contributed by atoms with Crippen LogP contribution in [0.2, 0.25) is 0 Å². The van der Waals surface area contributed by atoms with Crippen LogP contribution in [0.5, 0.6) is 0 Å². The van der Waals surface area contributed by atoms with E-state index < -0.39 is 18.0 Å². The van der Waals surface area contributed by atoms with Gasteiger partial charge in [-0.1, -0.05) is 34.6 Å². The summed E-state index contributed by atoms with van der Waals surface area (Å²) in [6, 6.07) is 0. The Hall–Kier alpha value is -0.810. The van der Waals surface area contributed by atoms with Crippen LogP contribution in [0.4, 0.5) is 4.79 Å². The number of hydrogen-bond donors (Lipinski definition) is 1. The zero-order chi connectivity index (χ0) is 14.6. The van der Waals surface area contributed by atoms with E-state index in [1.165, 1.54) is 0 Å². The fraction of sp³-hybridized carbons (Fsp3) is 0.923. The van der Waals surface area contributed by atoms with Crippen molar-refractivity contribution in [2.75, 3.05) is 0 Å². The summed E-state index contributed by atoms with van der Waals surface area (Å²) in [5, 5.41) is 8.59. The fourth-order valence-corrected chi connectivity index (χ4v) is 1.85. The van der Waals surface area contributed by atoms with Crippen LogP contribution in [0.25, 0.3) is 0 Å². The van der Waals surface area contributed by atoms with Crippen LogP contribution in [0.3, 0.4) is 0 Å². The predicted molar refractivity (Wildman–Crippen MR) is 68.1 cm³/mol. The van der Waals surface area contributed by atoms with E-state index in [2.05, 4.69) is 25.5 Å². The third-order valence-corrected chi connectivity index (χ3v) is 2.09. The second-order valence-corrected chi connectivity index (χ2v) is 6.67. The first-order chi connectivity index (χ1) is 7.93. The van der Waals surface area contributed by atoms with Gasteiger partial charge in [0.1, 0.15) is 0 Å². The summed E-state index contributed by atoms with van der Waals surface area (Å²) in [4.78, 5) is 21.0. The third kappa shape index (κ3) is 8.31. The summed E-state index contributed by atoms with van der Waals surface area (Å²) in [5.74, 6) is -0.119. The van der Waals surface area contributed by atoms with Gasteiger partial charge < -0.3 is 9.84 Å². The largest absolute Gasteiger partial charge is 0.508 e. The minimum absolute atomic E-state index is 0.0911. The van der Waals surface area contributed by atoms with Gasteiger partial charge in [-0.25, -0.2) is 9.68 Å². The van der Waals surface area contributed by atoms with Crippen molar-refractivity contribution < 1.29 is 24.4 Å². The van der Waals surface area contributed by atoms with Crippen LogP contribution in [0, 0.1) is 11.3 Å². The second-order valence-electron chi connectivity index (χ2n) is 6.67. The van der Waals surface area contributed by atoms with E-state index in [1.807, 2.05) is 13.8 Å². The Bertz CT molecular complexity index is 265. The molecule has 0 amide bonds. The quantitative estimate of drug-likeness (QED) is 0.341. The van der Waals surface area contributed by atoms with Crippen LogP contribution in [0.15, 0.2) is 0 Å². The van der Waals surface area contributed by atoms with Crippen LogP contribution in [0.1, 0.15) is 54.9 Å². The van der Waals surface area contributed by atoms with Crippen molar-refractivity contribution in [2.24, 2.45) is 11.3 Å². The molecule has 0 aromatic heterocycles. The molecule has 5 heteroatoms. The van der Waals surface area contributed by atoms with Crippen molar-refractivity contribution >= 4 is 6.16 Å². The SMILES string of the molecule is CC(C)C(OOC(C)(C)CC(C)(C)C)OC(=O)O. The summed E-state index contributed by atoms with van der Waals surface area (Å²) < 4.78 is 4.61. The van der Waals surface area contributed by atoms with E-state index in [4.69, 9.17) is 14.9 Å². The fourth-order valence-electron chi connectivity index (χ4n) is 1.85. The average molecular weight is 262 g/mol. The maximum Gasteiger partial charge on any atom is 0.508 e. The average Bonchev–Trinajstić information content (AvgIpc) is 2.07. The highest BCUT2D eigenvalue weighted by Gasteiger charge is 2.30. The number of rotatable bonds is 6. The molecule has 0 saturated carbocycles. The van der Waals surface area contributed by atoms with Crippen LogP contribution in [-0.4, -0.2) is 23.2 Å². The van der Waals surface area contributed by atoms with E-state index in [0.717, 1.165) is 6.42 Å². The van der Waals surface area contributed by atoms with E-state index >= 15 is 0 Å². The van der Waals surface area contributed by atoms with Crippen molar-refractivity contribution in [3.05, 3.63) is 0 Å². The highest BCUT2D eigenvalue weighted by Crippen LogP contribution is 2.30. The smallest absolute Gasteiger partial charge is 0.450 e. The second kappa shape index (κ2) is 6.38. The van der Waals surface area contributed by atoms with Crippen LogP contribution < -0.4 is 0 Å². The minimum atomic E-state index is -1.37. The first kappa shape index (κ1) is 17.2. The Balaban J connectivity index is 4.37. The Morgan fingerprint density at radius 3 is 2.00 bits per heavy atom. The Labute approximate surface area is 109 Å².